The molecule has 0 saturated heterocycles. The van der Waals surface area contributed by atoms with Gasteiger partial charge in [-0.05, 0) is 73.9 Å². The average molecular weight is 500 g/mol. The van der Waals surface area contributed by atoms with Gasteiger partial charge in [0.15, 0.2) is 5.82 Å². The van der Waals surface area contributed by atoms with Gasteiger partial charge in [-0.1, -0.05) is 12.1 Å². The maximum atomic E-state index is 5.43. The highest BCUT2D eigenvalue weighted by atomic mass is 79.9. The number of benzene rings is 2. The number of aromatic nitrogens is 3. The molecule has 9 heteroatoms. The lowest BCUT2D eigenvalue weighted by atomic mass is 10.2. The van der Waals surface area contributed by atoms with E-state index in [-0.39, 0.29) is 0 Å². The van der Waals surface area contributed by atoms with Crippen molar-refractivity contribution in [2.75, 3.05) is 19.6 Å². The number of methoxy groups -OCH3 is 2. The molecular formula is C17H16Br2N4O2S. The zero-order chi connectivity index (χ0) is 18.7. The molecule has 0 fully saturated rings. The minimum Gasteiger partial charge on any atom is -0.496 e. The summed E-state index contributed by atoms with van der Waals surface area (Å²) in [6, 6.07) is 11.6. The van der Waals surface area contributed by atoms with Gasteiger partial charge < -0.3 is 14.9 Å². The summed E-state index contributed by atoms with van der Waals surface area (Å²) in [6.07, 6.45) is 0. The first-order chi connectivity index (χ1) is 12.5. The van der Waals surface area contributed by atoms with E-state index in [1.807, 2.05) is 36.4 Å². The van der Waals surface area contributed by atoms with Gasteiger partial charge in [-0.3, -0.25) is 0 Å². The molecule has 0 aliphatic heterocycles. The number of aromatic amines is 1. The first-order valence-electron chi connectivity index (χ1n) is 7.61. The second-order valence-corrected chi connectivity index (χ2v) is 7.41. The lowest BCUT2D eigenvalue weighted by Crippen LogP contribution is -2.16. The van der Waals surface area contributed by atoms with Gasteiger partial charge >= 0.3 is 0 Å². The third-order valence-corrected chi connectivity index (χ3v) is 5.18. The van der Waals surface area contributed by atoms with Gasteiger partial charge in [0, 0.05) is 0 Å². The summed E-state index contributed by atoms with van der Waals surface area (Å²) >= 11 is 12.4. The molecule has 6 nitrogen and oxygen atoms in total. The number of para-hydroxylation sites is 1. The second kappa shape index (κ2) is 8.24. The number of halogens is 2. The smallest absolute Gasteiger partial charge is 0.214 e. The highest BCUT2D eigenvalue weighted by Crippen LogP contribution is 2.34. The number of H-pyrrole nitrogens is 1. The molecule has 0 amide bonds. The van der Waals surface area contributed by atoms with Gasteiger partial charge in [0.2, 0.25) is 4.77 Å². The molecule has 1 aromatic heterocycles. The van der Waals surface area contributed by atoms with Crippen LogP contribution in [0.2, 0.25) is 0 Å². The highest BCUT2D eigenvalue weighted by Gasteiger charge is 2.14. The fraction of sp³-hybridized carbons (Fsp3) is 0.176. The minimum absolute atomic E-state index is 0.470. The summed E-state index contributed by atoms with van der Waals surface area (Å²) in [7, 11) is 3.26. The molecule has 0 atom stereocenters. The monoisotopic (exact) mass is 498 g/mol. The molecule has 2 aromatic carbocycles. The van der Waals surface area contributed by atoms with Crippen LogP contribution in [0.25, 0.3) is 11.4 Å². The largest absolute Gasteiger partial charge is 0.496 e. The number of hydrogen-bond acceptors (Lipinski definition) is 5. The summed E-state index contributed by atoms with van der Waals surface area (Å²) in [6.45, 7) is 0.539. The maximum absolute atomic E-state index is 5.43. The van der Waals surface area contributed by atoms with E-state index < -0.39 is 0 Å². The molecule has 3 rings (SSSR count). The van der Waals surface area contributed by atoms with Crippen molar-refractivity contribution >= 4 is 44.1 Å². The quantitative estimate of drug-likeness (QED) is 0.472. The summed E-state index contributed by atoms with van der Waals surface area (Å²) in [5.74, 6) is 2.13. The first-order valence-corrected chi connectivity index (χ1v) is 9.61. The zero-order valence-corrected chi connectivity index (χ0v) is 18.0. The Labute approximate surface area is 172 Å². The van der Waals surface area contributed by atoms with Crippen LogP contribution in [0.5, 0.6) is 11.5 Å². The zero-order valence-electron chi connectivity index (χ0n) is 14.0. The predicted molar refractivity (Wildman–Crippen MR) is 111 cm³/mol. The van der Waals surface area contributed by atoms with Gasteiger partial charge in [0.25, 0.3) is 0 Å². The van der Waals surface area contributed by atoms with Crippen LogP contribution >= 0.6 is 44.1 Å². The molecule has 2 N–H and O–H groups in total. The van der Waals surface area contributed by atoms with Crippen molar-refractivity contribution in [1.82, 2.24) is 14.9 Å². The number of nitrogens with zero attached hydrogens (tertiary/aromatic N) is 2. The third-order valence-electron chi connectivity index (χ3n) is 3.72. The Bertz CT molecular complexity index is 964. The van der Waals surface area contributed by atoms with E-state index in [1.54, 1.807) is 18.9 Å². The SMILES string of the molecule is COc1ccccc1-c1n[nH]c(=S)n1NCc1cc(Br)c(OC)c(Br)c1. The van der Waals surface area contributed by atoms with Crippen LogP contribution in [0.1, 0.15) is 5.56 Å². The Balaban J connectivity index is 1.90. The number of nitrogens with one attached hydrogen (secondary N) is 2. The van der Waals surface area contributed by atoms with Crippen molar-refractivity contribution in [3.05, 3.63) is 55.7 Å². The normalized spacial score (nSPS) is 10.6. The Morgan fingerprint density at radius 2 is 1.85 bits per heavy atom. The van der Waals surface area contributed by atoms with Crippen molar-refractivity contribution < 1.29 is 9.47 Å². The van der Waals surface area contributed by atoms with Crippen LogP contribution in [0, 0.1) is 4.77 Å². The van der Waals surface area contributed by atoms with E-state index in [2.05, 4.69) is 47.5 Å². The molecular weight excluding hydrogens is 484 g/mol. The second-order valence-electron chi connectivity index (χ2n) is 5.32. The Morgan fingerprint density at radius 3 is 2.50 bits per heavy atom. The number of ether oxygens (including phenoxy) is 2. The average Bonchev–Trinajstić information content (AvgIpc) is 3.00. The van der Waals surface area contributed by atoms with Crippen LogP contribution in [0.3, 0.4) is 0 Å². The van der Waals surface area contributed by atoms with Crippen LogP contribution in [-0.2, 0) is 6.54 Å². The Kier molecular flexibility index (Phi) is 6.00. The predicted octanol–water partition coefficient (Wildman–Crippen LogP) is 4.89. The van der Waals surface area contributed by atoms with E-state index in [0.29, 0.717) is 17.1 Å². The fourth-order valence-electron chi connectivity index (χ4n) is 2.53. The molecule has 0 aliphatic carbocycles. The molecule has 0 spiro atoms. The van der Waals surface area contributed by atoms with Crippen molar-refractivity contribution in [3.8, 4) is 22.9 Å². The molecule has 3 aromatic rings. The van der Waals surface area contributed by atoms with E-state index >= 15 is 0 Å². The van der Waals surface area contributed by atoms with E-state index in [0.717, 1.165) is 31.6 Å². The van der Waals surface area contributed by atoms with Gasteiger partial charge in [0.1, 0.15) is 11.5 Å². The van der Waals surface area contributed by atoms with E-state index in [9.17, 15) is 0 Å². The topological polar surface area (TPSA) is 64.1 Å². The fourth-order valence-corrected chi connectivity index (χ4v) is 4.34. The molecule has 26 heavy (non-hydrogen) atoms. The lowest BCUT2D eigenvalue weighted by Gasteiger charge is -2.13. The molecule has 0 saturated carbocycles. The van der Waals surface area contributed by atoms with Gasteiger partial charge in [0.05, 0.1) is 35.3 Å². The van der Waals surface area contributed by atoms with Crippen LogP contribution in [0.4, 0.5) is 0 Å². The number of hydrogen-bond donors (Lipinski definition) is 2. The molecule has 0 bridgehead atoms. The Hall–Kier alpha value is -1.84. The van der Waals surface area contributed by atoms with Crippen LogP contribution < -0.4 is 14.9 Å². The van der Waals surface area contributed by atoms with E-state index in [1.165, 1.54) is 0 Å². The van der Waals surface area contributed by atoms with Gasteiger partial charge in [-0.25, -0.2) is 9.77 Å². The van der Waals surface area contributed by atoms with Crippen molar-refractivity contribution in [3.63, 3.8) is 0 Å². The van der Waals surface area contributed by atoms with Crippen LogP contribution in [-0.4, -0.2) is 29.1 Å². The first kappa shape index (κ1) is 18.9. The Morgan fingerprint density at radius 1 is 1.15 bits per heavy atom. The molecule has 0 aliphatic rings. The van der Waals surface area contributed by atoms with Crippen molar-refractivity contribution in [2.24, 2.45) is 0 Å². The van der Waals surface area contributed by atoms with Crippen LogP contribution in [0.15, 0.2) is 45.3 Å². The molecule has 0 unspecified atom stereocenters. The third kappa shape index (κ3) is 3.79. The van der Waals surface area contributed by atoms with Gasteiger partial charge in [-0.15, -0.1) is 0 Å². The molecule has 1 heterocycles. The molecule has 0 radical (unpaired) electrons. The van der Waals surface area contributed by atoms with Gasteiger partial charge in [-0.2, -0.15) is 5.10 Å². The van der Waals surface area contributed by atoms with Crippen molar-refractivity contribution in [1.29, 1.82) is 0 Å². The van der Waals surface area contributed by atoms with E-state index in [4.69, 9.17) is 21.7 Å². The molecule has 136 valence electrons. The summed E-state index contributed by atoms with van der Waals surface area (Å²) in [5.41, 5.74) is 5.18. The lowest BCUT2D eigenvalue weighted by molar-refractivity contribution is 0.409. The summed E-state index contributed by atoms with van der Waals surface area (Å²) < 4.78 is 14.7. The highest BCUT2D eigenvalue weighted by molar-refractivity contribution is 9.11. The minimum atomic E-state index is 0.470. The maximum Gasteiger partial charge on any atom is 0.214 e. The number of rotatable bonds is 6. The summed E-state index contributed by atoms with van der Waals surface area (Å²) in [4.78, 5) is 0. The summed E-state index contributed by atoms with van der Waals surface area (Å²) in [5, 5.41) is 7.16. The standard InChI is InChI=1S/C17H16Br2N4O2S/c1-24-14-6-4-3-5-11(14)16-21-22-17(26)23(16)20-9-10-7-12(18)15(25-2)13(19)8-10/h3-8,20H,9H2,1-2H3,(H,22,26). The van der Waals surface area contributed by atoms with Crippen molar-refractivity contribution in [2.45, 2.75) is 6.54 Å².